The summed E-state index contributed by atoms with van der Waals surface area (Å²) in [6.07, 6.45) is 2.18. The van der Waals surface area contributed by atoms with Crippen molar-refractivity contribution < 1.29 is 19.7 Å². The maximum Gasteiger partial charge on any atom is 0.256 e. The predicted octanol–water partition coefficient (Wildman–Crippen LogP) is 1.91. The number of aliphatic hydroxyl groups is 2. The van der Waals surface area contributed by atoms with Crippen LogP contribution >= 0.6 is 0 Å². The van der Waals surface area contributed by atoms with Crippen molar-refractivity contribution in [1.29, 1.82) is 0 Å². The van der Waals surface area contributed by atoms with Crippen molar-refractivity contribution in [3.63, 3.8) is 0 Å². The summed E-state index contributed by atoms with van der Waals surface area (Å²) in [6, 6.07) is 7.10. The van der Waals surface area contributed by atoms with Crippen LogP contribution in [0.3, 0.4) is 0 Å². The van der Waals surface area contributed by atoms with Crippen LogP contribution in [-0.4, -0.2) is 43.4 Å². The largest absolute Gasteiger partial charge is 0.369 e. The minimum Gasteiger partial charge on any atom is -0.369 e. The second kappa shape index (κ2) is 7.19. The van der Waals surface area contributed by atoms with Gasteiger partial charge in [-0.15, -0.1) is 0 Å². The van der Waals surface area contributed by atoms with Crippen LogP contribution in [0.15, 0.2) is 36.8 Å². The normalized spacial score (nSPS) is 18.3. The Kier molecular flexibility index (Phi) is 5.13. The SMILES string of the molecule is CC(C)(C)C(O)OCn1cnc(CCN2C(=O)c3ccccc3C2O)c1. The van der Waals surface area contributed by atoms with Crippen LogP contribution in [0.5, 0.6) is 0 Å². The molecule has 140 valence electrons. The fourth-order valence-corrected chi connectivity index (χ4v) is 2.82. The van der Waals surface area contributed by atoms with Gasteiger partial charge in [0.15, 0.2) is 12.5 Å². The number of carbonyl (C=O) groups is 1. The zero-order valence-electron chi connectivity index (χ0n) is 15.3. The van der Waals surface area contributed by atoms with Gasteiger partial charge in [-0.1, -0.05) is 39.0 Å². The zero-order valence-corrected chi connectivity index (χ0v) is 15.3. The van der Waals surface area contributed by atoms with Gasteiger partial charge in [0.1, 0.15) is 6.73 Å². The van der Waals surface area contributed by atoms with Gasteiger partial charge in [-0.25, -0.2) is 4.98 Å². The molecule has 2 N–H and O–H groups in total. The third-order valence-corrected chi connectivity index (χ3v) is 4.44. The minimum absolute atomic E-state index is 0.163. The van der Waals surface area contributed by atoms with Crippen LogP contribution < -0.4 is 0 Å². The molecule has 2 atom stereocenters. The van der Waals surface area contributed by atoms with Crippen molar-refractivity contribution in [1.82, 2.24) is 14.5 Å². The second-order valence-electron chi connectivity index (χ2n) is 7.60. The number of ether oxygens (including phenoxy) is 1. The molecule has 1 aliphatic rings. The highest BCUT2D eigenvalue weighted by Gasteiger charge is 2.34. The number of nitrogens with zero attached hydrogens (tertiary/aromatic N) is 3. The average molecular weight is 359 g/mol. The molecule has 0 saturated carbocycles. The first kappa shape index (κ1) is 18.6. The first-order chi connectivity index (χ1) is 12.3. The molecule has 0 fully saturated rings. The summed E-state index contributed by atoms with van der Waals surface area (Å²) in [5, 5.41) is 20.3. The van der Waals surface area contributed by atoms with Gasteiger partial charge in [-0.2, -0.15) is 0 Å². The van der Waals surface area contributed by atoms with E-state index in [9.17, 15) is 15.0 Å². The van der Waals surface area contributed by atoms with Gasteiger partial charge in [0.2, 0.25) is 0 Å². The Morgan fingerprint density at radius 3 is 2.73 bits per heavy atom. The van der Waals surface area contributed by atoms with E-state index in [0.29, 0.717) is 24.1 Å². The molecule has 2 unspecified atom stereocenters. The monoisotopic (exact) mass is 359 g/mol. The highest BCUT2D eigenvalue weighted by Crippen LogP contribution is 2.31. The third kappa shape index (κ3) is 3.80. The summed E-state index contributed by atoms with van der Waals surface area (Å²) >= 11 is 0. The van der Waals surface area contributed by atoms with Crippen LogP contribution in [-0.2, 0) is 17.9 Å². The summed E-state index contributed by atoms with van der Waals surface area (Å²) in [5.41, 5.74) is 1.63. The molecule has 1 aromatic heterocycles. The maximum absolute atomic E-state index is 12.4. The highest BCUT2D eigenvalue weighted by molar-refractivity contribution is 5.98. The van der Waals surface area contributed by atoms with Gasteiger partial charge in [-0.05, 0) is 6.07 Å². The average Bonchev–Trinajstić information content (AvgIpc) is 3.14. The predicted molar refractivity (Wildman–Crippen MR) is 94.9 cm³/mol. The Labute approximate surface area is 152 Å². The number of carbonyl (C=O) groups excluding carboxylic acids is 1. The van der Waals surface area contributed by atoms with Gasteiger partial charge in [-0.3, -0.25) is 4.79 Å². The zero-order chi connectivity index (χ0) is 18.9. The molecule has 3 rings (SSSR count). The van der Waals surface area contributed by atoms with E-state index < -0.39 is 12.5 Å². The standard InChI is InChI=1S/C19H25N3O4/c1-19(2,3)18(25)26-12-21-10-13(20-11-21)8-9-22-16(23)14-6-4-5-7-15(14)17(22)24/h4-7,10-11,16,18,23,25H,8-9,12H2,1-3H3. The smallest absolute Gasteiger partial charge is 0.256 e. The lowest BCUT2D eigenvalue weighted by Gasteiger charge is -2.25. The molecule has 1 aliphatic heterocycles. The van der Waals surface area contributed by atoms with Crippen molar-refractivity contribution in [3.05, 3.63) is 53.6 Å². The fraction of sp³-hybridized carbons (Fsp3) is 0.474. The number of hydrogen-bond acceptors (Lipinski definition) is 5. The molecular formula is C19H25N3O4. The number of aromatic nitrogens is 2. The lowest BCUT2D eigenvalue weighted by Crippen LogP contribution is -2.30. The Bertz CT molecular complexity index is 781. The molecule has 0 bridgehead atoms. The molecule has 7 nitrogen and oxygen atoms in total. The van der Waals surface area contributed by atoms with Gasteiger partial charge in [0.05, 0.1) is 12.0 Å². The summed E-state index contributed by atoms with van der Waals surface area (Å²) < 4.78 is 7.17. The highest BCUT2D eigenvalue weighted by atomic mass is 16.6. The Morgan fingerprint density at radius 2 is 2.04 bits per heavy atom. The Balaban J connectivity index is 1.55. The van der Waals surface area contributed by atoms with Gasteiger partial charge in [0.25, 0.3) is 5.91 Å². The van der Waals surface area contributed by atoms with E-state index in [2.05, 4.69) is 4.98 Å². The van der Waals surface area contributed by atoms with E-state index >= 15 is 0 Å². The van der Waals surface area contributed by atoms with E-state index in [4.69, 9.17) is 4.74 Å². The molecule has 2 aromatic rings. The molecule has 1 aromatic carbocycles. The van der Waals surface area contributed by atoms with Crippen molar-refractivity contribution >= 4 is 5.91 Å². The van der Waals surface area contributed by atoms with Gasteiger partial charge >= 0.3 is 0 Å². The second-order valence-corrected chi connectivity index (χ2v) is 7.60. The quantitative estimate of drug-likeness (QED) is 0.769. The van der Waals surface area contributed by atoms with Gasteiger partial charge < -0.3 is 24.4 Å². The molecule has 0 spiro atoms. The molecular weight excluding hydrogens is 334 g/mol. The number of rotatable bonds is 6. The van der Waals surface area contributed by atoms with Crippen LogP contribution in [0.1, 0.15) is 48.6 Å². The van der Waals surface area contributed by atoms with Crippen molar-refractivity contribution in [2.24, 2.45) is 5.41 Å². The van der Waals surface area contributed by atoms with E-state index in [1.54, 1.807) is 29.1 Å². The number of hydrogen-bond donors (Lipinski definition) is 2. The number of fused-ring (bicyclic) bond motifs is 1. The maximum atomic E-state index is 12.4. The number of benzene rings is 1. The summed E-state index contributed by atoms with van der Waals surface area (Å²) in [5.74, 6) is -0.163. The van der Waals surface area contributed by atoms with Crippen molar-refractivity contribution in [2.75, 3.05) is 6.54 Å². The summed E-state index contributed by atoms with van der Waals surface area (Å²) in [4.78, 5) is 18.1. The summed E-state index contributed by atoms with van der Waals surface area (Å²) in [7, 11) is 0. The fourth-order valence-electron chi connectivity index (χ4n) is 2.82. The molecule has 0 aliphatic carbocycles. The molecule has 2 heterocycles. The van der Waals surface area contributed by atoms with E-state index in [-0.39, 0.29) is 18.1 Å². The first-order valence-electron chi connectivity index (χ1n) is 8.65. The molecule has 7 heteroatoms. The topological polar surface area (TPSA) is 87.8 Å². The van der Waals surface area contributed by atoms with E-state index in [0.717, 1.165) is 5.69 Å². The molecule has 0 saturated heterocycles. The minimum atomic E-state index is -0.911. The molecule has 26 heavy (non-hydrogen) atoms. The van der Waals surface area contributed by atoms with Crippen molar-refractivity contribution in [2.45, 2.75) is 46.4 Å². The van der Waals surface area contributed by atoms with Crippen LogP contribution in [0.2, 0.25) is 0 Å². The lowest BCUT2D eigenvalue weighted by atomic mass is 9.96. The lowest BCUT2D eigenvalue weighted by molar-refractivity contribution is -0.179. The van der Waals surface area contributed by atoms with Gasteiger partial charge in [0, 0.05) is 35.7 Å². The van der Waals surface area contributed by atoms with E-state index in [1.165, 1.54) is 4.90 Å². The van der Waals surface area contributed by atoms with Crippen LogP contribution in [0.25, 0.3) is 0 Å². The Hall–Kier alpha value is -2.22. The Morgan fingerprint density at radius 1 is 1.31 bits per heavy atom. The van der Waals surface area contributed by atoms with Crippen LogP contribution in [0.4, 0.5) is 0 Å². The molecule has 1 amide bonds. The molecule has 0 radical (unpaired) electrons. The van der Waals surface area contributed by atoms with Crippen molar-refractivity contribution in [3.8, 4) is 0 Å². The number of imidazole rings is 1. The number of aliphatic hydroxyl groups excluding tert-OH is 2. The van der Waals surface area contributed by atoms with Crippen LogP contribution in [0, 0.1) is 5.41 Å². The first-order valence-corrected chi connectivity index (χ1v) is 8.65. The summed E-state index contributed by atoms with van der Waals surface area (Å²) in [6.45, 7) is 6.26. The number of amides is 1. The van der Waals surface area contributed by atoms with E-state index in [1.807, 2.05) is 33.0 Å². The third-order valence-electron chi connectivity index (χ3n) is 4.44.